The number of anilines is 8. The van der Waals surface area contributed by atoms with Crippen molar-refractivity contribution in [2.45, 2.75) is 50.6 Å². The summed E-state index contributed by atoms with van der Waals surface area (Å²) in [6, 6.07) is 19.4. The molecule has 15 heteroatoms. The van der Waals surface area contributed by atoms with Crippen LogP contribution in [-0.4, -0.2) is 122 Å². The van der Waals surface area contributed by atoms with Crippen LogP contribution in [0.3, 0.4) is 0 Å². The number of nitrogens with zero attached hydrogens (tertiary/aromatic N) is 8. The zero-order valence-corrected chi connectivity index (χ0v) is 35.8. The fraction of sp³-hybridized carbons (Fsp3) is 0.476. The average Bonchev–Trinajstić information content (AvgIpc) is 3.21. The van der Waals surface area contributed by atoms with Gasteiger partial charge in [0.05, 0.1) is 49.4 Å². The molecule has 4 heterocycles. The lowest BCUT2D eigenvalue weighted by Crippen LogP contribution is -2.42. The van der Waals surface area contributed by atoms with Gasteiger partial charge in [-0.15, -0.1) is 0 Å². The molecule has 0 unspecified atom stereocenters. The van der Waals surface area contributed by atoms with E-state index in [-0.39, 0.29) is 5.02 Å². The number of piperidine rings is 2. The molecule has 3 aromatic carbocycles. The molecule has 0 radical (unpaired) electrons. The Hall–Kier alpha value is -4.50. The number of ether oxygens (including phenoxy) is 2. The summed E-state index contributed by atoms with van der Waals surface area (Å²) >= 11 is 6.84. The first kappa shape index (κ1) is 40.7. The van der Waals surface area contributed by atoms with Gasteiger partial charge >= 0.3 is 0 Å². The minimum atomic E-state index is -3.53. The number of nitrogens with one attached hydrogen (secondary N) is 1. The number of rotatable bonds is 12. The van der Waals surface area contributed by atoms with Gasteiger partial charge in [-0.2, -0.15) is 4.98 Å². The average molecular weight is 818 g/mol. The maximum Gasteiger partial charge on any atom is 0.236 e. The summed E-state index contributed by atoms with van der Waals surface area (Å²) in [6.07, 6.45) is 8.64. The molecule has 0 atom stereocenters. The van der Waals surface area contributed by atoms with Crippen LogP contribution in [0.25, 0.3) is 0 Å². The van der Waals surface area contributed by atoms with Gasteiger partial charge in [0, 0.05) is 68.3 Å². The van der Waals surface area contributed by atoms with Crippen LogP contribution in [0.15, 0.2) is 60.8 Å². The van der Waals surface area contributed by atoms with E-state index in [0.717, 1.165) is 93.0 Å². The normalized spacial score (nSPS) is 16.9. The van der Waals surface area contributed by atoms with Crippen LogP contribution < -0.4 is 33.8 Å². The molecule has 7 rings (SSSR count). The Morgan fingerprint density at radius 2 is 1.33 bits per heavy atom. The smallest absolute Gasteiger partial charge is 0.236 e. The molecule has 13 nitrogen and oxygen atoms in total. The third-order valence-electron chi connectivity index (χ3n) is 11.7. The minimum absolute atomic E-state index is 0.282. The van der Waals surface area contributed by atoms with Gasteiger partial charge in [0.2, 0.25) is 16.0 Å². The van der Waals surface area contributed by atoms with Crippen LogP contribution in [0, 0.1) is 0 Å². The second kappa shape index (κ2) is 17.2. The summed E-state index contributed by atoms with van der Waals surface area (Å²) in [6.45, 7) is 4.20. The number of hydrogen-bond acceptors (Lipinski definition) is 12. The van der Waals surface area contributed by atoms with Gasteiger partial charge in [-0.05, 0) is 103 Å². The van der Waals surface area contributed by atoms with Crippen molar-refractivity contribution >= 4 is 67.5 Å². The van der Waals surface area contributed by atoms with E-state index in [1.807, 2.05) is 35.2 Å². The van der Waals surface area contributed by atoms with Crippen LogP contribution in [0.1, 0.15) is 37.7 Å². The van der Waals surface area contributed by atoms with Crippen molar-refractivity contribution in [1.29, 1.82) is 0 Å². The van der Waals surface area contributed by atoms with Crippen LogP contribution in [0.4, 0.5) is 45.9 Å². The number of fused-ring (bicyclic) bond motifs is 1. The minimum Gasteiger partial charge on any atom is -0.494 e. The number of sulfonamides is 1. The Kier molecular flexibility index (Phi) is 12.2. The van der Waals surface area contributed by atoms with Crippen LogP contribution in [-0.2, 0) is 16.4 Å². The van der Waals surface area contributed by atoms with E-state index in [2.05, 4.69) is 77.4 Å². The number of methoxy groups -OCH3 is 2. The standard InChI is InChI=1S/C42H56ClN9O4S/c1-47(2)30-17-22-49(23-18-30)32-13-15-36(38(26-32)55-5)52(37-16-14-33(27-39(37)56-6)50-24-19-31(20-25-50)48(3)4)42-44-28-34(43)41(46-42)45-35-12-8-10-29-11-9-21-51(40(29)35)57(7,53)54/h8,10,12-16,26-28,30-31H,9,11,17-25H2,1-7H3,(H,44,45,46). The van der Waals surface area contributed by atoms with E-state index in [9.17, 15) is 8.42 Å². The molecule has 306 valence electrons. The molecule has 2 saturated heterocycles. The third-order valence-corrected chi connectivity index (χ3v) is 13.1. The Labute approximate surface area is 343 Å². The highest BCUT2D eigenvalue weighted by Crippen LogP contribution is 2.46. The van der Waals surface area contributed by atoms with Crippen LogP contribution in [0.5, 0.6) is 11.5 Å². The molecule has 0 aliphatic carbocycles. The SMILES string of the molecule is COc1cc(N2CCC(N(C)C)CC2)ccc1N(c1ncc(Cl)c(Nc2cccc3c2N(S(C)(=O)=O)CCC3)n1)c1ccc(N2CCC(N(C)C)CC2)cc1OC. The molecule has 0 bridgehead atoms. The van der Waals surface area contributed by atoms with Crippen molar-refractivity contribution in [2.75, 3.05) is 106 Å². The molecule has 57 heavy (non-hydrogen) atoms. The molecule has 1 aromatic heterocycles. The Morgan fingerprint density at radius 1 is 0.789 bits per heavy atom. The molecule has 0 amide bonds. The molecule has 3 aliphatic rings. The fourth-order valence-corrected chi connectivity index (χ4v) is 9.59. The molecule has 3 aliphatic heterocycles. The van der Waals surface area contributed by atoms with Gasteiger partial charge in [0.15, 0.2) is 5.82 Å². The largest absolute Gasteiger partial charge is 0.494 e. The Balaban J connectivity index is 1.30. The second-order valence-electron chi connectivity index (χ2n) is 15.7. The van der Waals surface area contributed by atoms with Gasteiger partial charge in [-0.3, -0.25) is 9.21 Å². The third kappa shape index (κ3) is 8.69. The summed E-state index contributed by atoms with van der Waals surface area (Å²) in [4.78, 5) is 21.2. The zero-order valence-electron chi connectivity index (χ0n) is 34.2. The molecular weight excluding hydrogens is 762 g/mol. The monoisotopic (exact) mass is 817 g/mol. The Morgan fingerprint density at radius 3 is 1.82 bits per heavy atom. The summed E-state index contributed by atoms with van der Waals surface area (Å²) < 4.78 is 39.6. The van der Waals surface area contributed by atoms with E-state index < -0.39 is 10.0 Å². The number of halogens is 1. The maximum absolute atomic E-state index is 12.9. The highest BCUT2D eigenvalue weighted by molar-refractivity contribution is 7.92. The maximum atomic E-state index is 12.9. The van der Waals surface area contributed by atoms with E-state index in [0.29, 0.717) is 53.3 Å². The van der Waals surface area contributed by atoms with Gasteiger partial charge in [0.25, 0.3) is 0 Å². The van der Waals surface area contributed by atoms with Gasteiger partial charge < -0.3 is 34.4 Å². The quantitative estimate of drug-likeness (QED) is 0.157. The van der Waals surface area contributed by atoms with E-state index in [1.54, 1.807) is 20.4 Å². The van der Waals surface area contributed by atoms with E-state index >= 15 is 0 Å². The van der Waals surface area contributed by atoms with Crippen molar-refractivity contribution < 1.29 is 17.9 Å². The molecule has 0 spiro atoms. The number of aromatic nitrogens is 2. The summed E-state index contributed by atoms with van der Waals surface area (Å²) in [7, 11) is 8.43. The number of aryl methyl sites for hydroxylation is 1. The van der Waals surface area contributed by atoms with Crippen LogP contribution in [0.2, 0.25) is 5.02 Å². The highest BCUT2D eigenvalue weighted by atomic mass is 35.5. The van der Waals surface area contributed by atoms with E-state index in [4.69, 9.17) is 31.0 Å². The van der Waals surface area contributed by atoms with Gasteiger partial charge in [-0.25, -0.2) is 13.4 Å². The van der Waals surface area contributed by atoms with Crippen molar-refractivity contribution in [3.8, 4) is 11.5 Å². The first-order valence-corrected chi connectivity index (χ1v) is 22.0. The van der Waals surface area contributed by atoms with Gasteiger partial charge in [-0.1, -0.05) is 23.7 Å². The molecule has 1 N–H and O–H groups in total. The van der Waals surface area contributed by atoms with Gasteiger partial charge in [0.1, 0.15) is 16.5 Å². The summed E-state index contributed by atoms with van der Waals surface area (Å²) in [5, 5.41) is 3.67. The topological polar surface area (TPSA) is 110 Å². The van der Waals surface area contributed by atoms with Crippen LogP contribution >= 0.6 is 11.6 Å². The second-order valence-corrected chi connectivity index (χ2v) is 18.0. The molecule has 2 fully saturated rings. The van der Waals surface area contributed by atoms with E-state index in [1.165, 1.54) is 10.6 Å². The first-order valence-electron chi connectivity index (χ1n) is 19.7. The Bertz CT molecular complexity index is 2080. The van der Waals surface area contributed by atoms with Crippen molar-refractivity contribution in [3.05, 3.63) is 71.4 Å². The zero-order chi connectivity index (χ0) is 40.4. The summed E-state index contributed by atoms with van der Waals surface area (Å²) in [5.41, 5.74) is 5.75. The lowest BCUT2D eigenvalue weighted by Gasteiger charge is -2.37. The molecular formula is C42H56ClN9O4S. The van der Waals surface area contributed by atoms with Crippen molar-refractivity contribution in [3.63, 3.8) is 0 Å². The number of para-hydroxylation sites is 1. The summed E-state index contributed by atoms with van der Waals surface area (Å²) in [5.74, 6) is 1.95. The molecule has 0 saturated carbocycles. The highest BCUT2D eigenvalue weighted by Gasteiger charge is 2.30. The number of benzene rings is 3. The van der Waals surface area contributed by atoms with Crippen molar-refractivity contribution in [1.82, 2.24) is 19.8 Å². The first-order chi connectivity index (χ1) is 27.4. The fourth-order valence-electron chi connectivity index (χ4n) is 8.45. The number of hydrogen-bond donors (Lipinski definition) is 1. The predicted molar refractivity (Wildman–Crippen MR) is 233 cm³/mol. The lowest BCUT2D eigenvalue weighted by atomic mass is 10.0. The van der Waals surface area contributed by atoms with Crippen molar-refractivity contribution in [2.24, 2.45) is 0 Å². The lowest BCUT2D eigenvalue weighted by molar-refractivity contribution is 0.249. The predicted octanol–water partition coefficient (Wildman–Crippen LogP) is 7.13. The molecule has 4 aromatic rings.